The van der Waals surface area contributed by atoms with Crippen molar-refractivity contribution < 1.29 is 14.6 Å². The topological polar surface area (TPSA) is 98.5 Å². The smallest absolute Gasteiger partial charge is 0.254 e. The van der Waals surface area contributed by atoms with Crippen LogP contribution in [0.2, 0.25) is 0 Å². The lowest BCUT2D eigenvalue weighted by atomic mass is 10.0. The lowest BCUT2D eigenvalue weighted by Gasteiger charge is -2.34. The zero-order chi connectivity index (χ0) is 24.3. The molecule has 182 valence electrons. The number of rotatable bonds is 5. The number of carbonyl (C=O) groups is 1. The number of benzene rings is 2. The highest BCUT2D eigenvalue weighted by atomic mass is 16.5. The number of aliphatic hydroxyl groups excluding tert-OH is 1. The average Bonchev–Trinajstić information content (AvgIpc) is 3.53. The number of aromatic nitrogens is 3. The van der Waals surface area contributed by atoms with E-state index in [1.54, 1.807) is 18.1 Å². The second-order valence-corrected chi connectivity index (χ2v) is 9.95. The van der Waals surface area contributed by atoms with E-state index >= 15 is 0 Å². The van der Waals surface area contributed by atoms with Gasteiger partial charge in [0.05, 0.1) is 24.4 Å². The fraction of sp³-hybridized carbons (Fsp3) is 0.407. The SMILES string of the molecule is COc1cc(C(=O)N2CC[C@H](O)[C@H](N)C2)cc2nc(-c3cc4ccccc4n3CC3CC3)n(C)c12. The monoisotopic (exact) mass is 473 g/mol. The minimum atomic E-state index is -0.572. The van der Waals surface area contributed by atoms with Crippen LogP contribution in [0.3, 0.4) is 0 Å². The summed E-state index contributed by atoms with van der Waals surface area (Å²) < 4.78 is 10.2. The minimum absolute atomic E-state index is 0.123. The van der Waals surface area contributed by atoms with Gasteiger partial charge in [-0.25, -0.2) is 4.98 Å². The van der Waals surface area contributed by atoms with E-state index in [0.717, 1.165) is 29.1 Å². The molecule has 0 bridgehead atoms. The van der Waals surface area contributed by atoms with Crippen LogP contribution in [-0.2, 0) is 13.6 Å². The van der Waals surface area contributed by atoms with Gasteiger partial charge in [0.15, 0.2) is 5.82 Å². The van der Waals surface area contributed by atoms with E-state index in [4.69, 9.17) is 15.5 Å². The second-order valence-electron chi connectivity index (χ2n) is 9.95. The van der Waals surface area contributed by atoms with Crippen LogP contribution >= 0.6 is 0 Å². The Labute approximate surface area is 203 Å². The largest absolute Gasteiger partial charge is 0.494 e. The maximum absolute atomic E-state index is 13.3. The number of piperidine rings is 1. The van der Waals surface area contributed by atoms with Crippen molar-refractivity contribution in [3.05, 3.63) is 48.0 Å². The first-order chi connectivity index (χ1) is 16.9. The number of imidazole rings is 1. The third-order valence-electron chi connectivity index (χ3n) is 7.49. The summed E-state index contributed by atoms with van der Waals surface area (Å²) in [6.07, 6.45) is 2.44. The Morgan fingerprint density at radius 1 is 1.20 bits per heavy atom. The molecule has 0 radical (unpaired) electrons. The van der Waals surface area contributed by atoms with Gasteiger partial charge in [0.2, 0.25) is 0 Å². The molecule has 3 N–H and O–H groups in total. The Morgan fingerprint density at radius 3 is 2.74 bits per heavy atom. The molecule has 1 saturated carbocycles. The van der Waals surface area contributed by atoms with Gasteiger partial charge in [0.25, 0.3) is 5.91 Å². The van der Waals surface area contributed by atoms with E-state index < -0.39 is 12.1 Å². The van der Waals surface area contributed by atoms with Crippen LogP contribution in [0.15, 0.2) is 42.5 Å². The number of fused-ring (bicyclic) bond motifs is 2. The molecule has 2 atom stereocenters. The Bertz CT molecular complexity index is 1430. The molecule has 0 unspecified atom stereocenters. The number of hydrogen-bond acceptors (Lipinski definition) is 5. The summed E-state index contributed by atoms with van der Waals surface area (Å²) >= 11 is 0. The Balaban J connectivity index is 1.45. The molecule has 4 aromatic rings. The summed E-state index contributed by atoms with van der Waals surface area (Å²) in [5.41, 5.74) is 10.4. The van der Waals surface area contributed by atoms with Crippen molar-refractivity contribution >= 4 is 27.8 Å². The van der Waals surface area contributed by atoms with Gasteiger partial charge in [0, 0.05) is 49.2 Å². The van der Waals surface area contributed by atoms with Crippen molar-refractivity contribution in [3.8, 4) is 17.3 Å². The number of aliphatic hydroxyl groups is 1. The molecule has 8 heteroatoms. The number of ether oxygens (including phenoxy) is 1. The first kappa shape index (κ1) is 22.1. The second kappa shape index (κ2) is 8.39. The quantitative estimate of drug-likeness (QED) is 0.464. The van der Waals surface area contributed by atoms with Gasteiger partial charge in [-0.2, -0.15) is 0 Å². The molecule has 3 heterocycles. The average molecular weight is 474 g/mol. The molecule has 2 fully saturated rings. The summed E-state index contributed by atoms with van der Waals surface area (Å²) in [4.78, 5) is 20.0. The third kappa shape index (κ3) is 3.77. The third-order valence-corrected chi connectivity index (χ3v) is 7.49. The molecule has 2 aliphatic rings. The number of methoxy groups -OCH3 is 1. The first-order valence-electron chi connectivity index (χ1n) is 12.3. The summed E-state index contributed by atoms with van der Waals surface area (Å²) in [6, 6.07) is 13.8. The predicted molar refractivity (Wildman–Crippen MR) is 135 cm³/mol. The van der Waals surface area contributed by atoms with Gasteiger partial charge in [0.1, 0.15) is 11.3 Å². The van der Waals surface area contributed by atoms with Crippen LogP contribution in [0.5, 0.6) is 5.75 Å². The Hall–Kier alpha value is -3.36. The number of amides is 1. The van der Waals surface area contributed by atoms with Crippen LogP contribution in [0.25, 0.3) is 33.5 Å². The van der Waals surface area contributed by atoms with Gasteiger partial charge < -0.3 is 29.6 Å². The van der Waals surface area contributed by atoms with E-state index in [1.807, 2.05) is 13.1 Å². The lowest BCUT2D eigenvalue weighted by Crippen LogP contribution is -2.53. The van der Waals surface area contributed by atoms with Crippen LogP contribution < -0.4 is 10.5 Å². The zero-order valence-electron chi connectivity index (χ0n) is 20.1. The Kier molecular flexibility index (Phi) is 5.30. The van der Waals surface area contributed by atoms with Crippen molar-refractivity contribution in [1.29, 1.82) is 0 Å². The molecule has 35 heavy (non-hydrogen) atoms. The number of carbonyl (C=O) groups excluding carboxylic acids is 1. The van der Waals surface area contributed by atoms with Gasteiger partial charge in [-0.05, 0) is 49.4 Å². The molecule has 1 aliphatic heterocycles. The highest BCUT2D eigenvalue weighted by molar-refractivity contribution is 6.00. The van der Waals surface area contributed by atoms with Crippen molar-refractivity contribution in [1.82, 2.24) is 19.0 Å². The number of likely N-dealkylation sites (tertiary alicyclic amines) is 1. The number of hydrogen-bond donors (Lipinski definition) is 2. The summed E-state index contributed by atoms with van der Waals surface area (Å²) in [7, 11) is 3.62. The summed E-state index contributed by atoms with van der Waals surface area (Å²) in [5.74, 6) is 2.05. The first-order valence-corrected chi connectivity index (χ1v) is 12.3. The number of nitrogens with zero attached hydrogens (tertiary/aromatic N) is 4. The molecule has 1 aliphatic carbocycles. The van der Waals surface area contributed by atoms with Crippen LogP contribution in [-0.4, -0.2) is 62.4 Å². The Morgan fingerprint density at radius 2 is 2.00 bits per heavy atom. The molecule has 2 aromatic heterocycles. The summed E-state index contributed by atoms with van der Waals surface area (Å²) in [5, 5.41) is 11.1. The number of nitrogens with two attached hydrogens (primary N) is 1. The highest BCUT2D eigenvalue weighted by Crippen LogP contribution is 2.38. The molecule has 6 rings (SSSR count). The highest BCUT2D eigenvalue weighted by Gasteiger charge is 2.30. The number of aryl methyl sites for hydroxylation is 1. The van der Waals surface area contributed by atoms with Gasteiger partial charge >= 0.3 is 0 Å². The molecular weight excluding hydrogens is 442 g/mol. The van der Waals surface area contributed by atoms with E-state index in [1.165, 1.54) is 23.7 Å². The molecule has 1 saturated heterocycles. The molecule has 8 nitrogen and oxygen atoms in total. The van der Waals surface area contributed by atoms with Gasteiger partial charge in [-0.15, -0.1) is 0 Å². The standard InChI is InChI=1S/C27H31N5O3/c1-30-25-20(11-18(13-24(25)35-2)27(34)31-10-9-23(33)19(28)15-31)29-26(30)22-12-17-5-3-4-6-21(17)32(22)14-16-7-8-16/h3-6,11-13,16,19,23,33H,7-10,14-15,28H2,1-2H3/t19-,23+/m1/s1. The van der Waals surface area contributed by atoms with Crippen LogP contribution in [0.1, 0.15) is 29.6 Å². The van der Waals surface area contributed by atoms with E-state index in [-0.39, 0.29) is 5.91 Å². The van der Waals surface area contributed by atoms with Gasteiger partial charge in [-0.1, -0.05) is 18.2 Å². The minimum Gasteiger partial charge on any atom is -0.494 e. The number of para-hydroxylation sites is 1. The molecule has 2 aromatic carbocycles. The van der Waals surface area contributed by atoms with Crippen LogP contribution in [0, 0.1) is 5.92 Å². The van der Waals surface area contributed by atoms with Crippen molar-refractivity contribution in [3.63, 3.8) is 0 Å². The lowest BCUT2D eigenvalue weighted by molar-refractivity contribution is 0.0459. The van der Waals surface area contributed by atoms with E-state index in [9.17, 15) is 9.90 Å². The normalized spacial score (nSPS) is 20.6. The van der Waals surface area contributed by atoms with Crippen molar-refractivity contribution in [2.45, 2.75) is 38.0 Å². The fourth-order valence-electron chi connectivity index (χ4n) is 5.31. The van der Waals surface area contributed by atoms with Crippen molar-refractivity contribution in [2.24, 2.45) is 18.7 Å². The molecule has 0 spiro atoms. The van der Waals surface area contributed by atoms with E-state index in [0.29, 0.717) is 36.7 Å². The molecular formula is C27H31N5O3. The van der Waals surface area contributed by atoms with Crippen LogP contribution in [0.4, 0.5) is 0 Å². The predicted octanol–water partition coefficient (Wildman–Crippen LogP) is 3.15. The summed E-state index contributed by atoms with van der Waals surface area (Å²) in [6.45, 7) is 1.78. The maximum atomic E-state index is 13.3. The zero-order valence-corrected chi connectivity index (χ0v) is 20.1. The van der Waals surface area contributed by atoms with Gasteiger partial charge in [-0.3, -0.25) is 4.79 Å². The fourth-order valence-corrected chi connectivity index (χ4v) is 5.31. The van der Waals surface area contributed by atoms with Crippen molar-refractivity contribution in [2.75, 3.05) is 20.2 Å². The maximum Gasteiger partial charge on any atom is 0.254 e. The van der Waals surface area contributed by atoms with E-state index in [2.05, 4.69) is 39.5 Å². The molecule has 1 amide bonds.